The van der Waals surface area contributed by atoms with Crippen LogP contribution < -0.4 is 11.1 Å². The van der Waals surface area contributed by atoms with Crippen LogP contribution in [0, 0.1) is 11.3 Å². The number of hydrogen-bond donors (Lipinski definition) is 2. The zero-order valence-corrected chi connectivity index (χ0v) is 11.6. The molecule has 6 nitrogen and oxygen atoms in total. The van der Waals surface area contributed by atoms with Crippen molar-refractivity contribution in [2.24, 2.45) is 0 Å². The van der Waals surface area contributed by atoms with Crippen LogP contribution in [0.15, 0.2) is 24.3 Å². The van der Waals surface area contributed by atoms with Crippen molar-refractivity contribution in [3.8, 4) is 6.07 Å². The van der Waals surface area contributed by atoms with Gasteiger partial charge in [0.2, 0.25) is 5.91 Å². The third-order valence-corrected chi connectivity index (χ3v) is 2.69. The number of nitrogens with zero attached hydrogens (tertiary/aromatic N) is 2. The van der Waals surface area contributed by atoms with E-state index < -0.39 is 0 Å². The van der Waals surface area contributed by atoms with E-state index in [2.05, 4.69) is 11.4 Å². The average molecular weight is 276 g/mol. The summed E-state index contributed by atoms with van der Waals surface area (Å²) in [6.07, 6.45) is 0.384. The molecule has 0 atom stereocenters. The molecule has 0 radical (unpaired) electrons. The molecule has 6 heteroatoms. The maximum Gasteiger partial charge on any atom is 0.238 e. The molecule has 0 saturated heterocycles. The fraction of sp³-hybridized carbons (Fsp3) is 0.429. The first-order chi connectivity index (χ1) is 9.65. The van der Waals surface area contributed by atoms with Crippen molar-refractivity contribution in [2.45, 2.75) is 6.42 Å². The minimum Gasteiger partial charge on any atom is -0.399 e. The molecule has 1 amide bonds. The van der Waals surface area contributed by atoms with Crippen molar-refractivity contribution < 1.29 is 9.53 Å². The summed E-state index contributed by atoms with van der Waals surface area (Å²) < 4.78 is 5.00. The van der Waals surface area contributed by atoms with Crippen molar-refractivity contribution >= 4 is 17.3 Å². The summed E-state index contributed by atoms with van der Waals surface area (Å²) in [6.45, 7) is 1.91. The van der Waals surface area contributed by atoms with E-state index in [9.17, 15) is 4.79 Å². The number of carbonyl (C=O) groups excluding carboxylic acids is 1. The third kappa shape index (κ3) is 6.18. The molecule has 1 aromatic rings. The molecule has 1 aromatic carbocycles. The van der Waals surface area contributed by atoms with Gasteiger partial charge in [0.25, 0.3) is 0 Å². The maximum atomic E-state index is 11.9. The SMILES string of the molecule is COCCN(CCC#N)CC(=O)Nc1cccc(N)c1. The van der Waals surface area contributed by atoms with Crippen molar-refractivity contribution in [1.29, 1.82) is 5.26 Å². The van der Waals surface area contributed by atoms with E-state index in [1.807, 2.05) is 4.90 Å². The predicted octanol–water partition coefficient (Wildman–Crippen LogP) is 1.07. The molecule has 0 heterocycles. The Kier molecular flexibility index (Phi) is 7.11. The largest absolute Gasteiger partial charge is 0.399 e. The average Bonchev–Trinajstić information content (AvgIpc) is 2.41. The van der Waals surface area contributed by atoms with E-state index in [-0.39, 0.29) is 12.5 Å². The zero-order chi connectivity index (χ0) is 14.8. The molecule has 1 rings (SSSR count). The van der Waals surface area contributed by atoms with Crippen molar-refractivity contribution in [2.75, 3.05) is 44.4 Å². The van der Waals surface area contributed by atoms with Crippen LogP contribution in [0.25, 0.3) is 0 Å². The number of nitrogen functional groups attached to an aromatic ring is 1. The third-order valence-electron chi connectivity index (χ3n) is 2.69. The second-order valence-electron chi connectivity index (χ2n) is 4.35. The number of amides is 1. The second-order valence-corrected chi connectivity index (χ2v) is 4.35. The fourth-order valence-electron chi connectivity index (χ4n) is 1.72. The molecular weight excluding hydrogens is 256 g/mol. The molecule has 0 aromatic heterocycles. The first kappa shape index (κ1) is 16.0. The highest BCUT2D eigenvalue weighted by Gasteiger charge is 2.10. The van der Waals surface area contributed by atoms with Crippen LogP contribution in [-0.2, 0) is 9.53 Å². The van der Waals surface area contributed by atoms with Gasteiger partial charge < -0.3 is 15.8 Å². The minimum absolute atomic E-state index is 0.135. The molecule has 0 bridgehead atoms. The predicted molar refractivity (Wildman–Crippen MR) is 78.0 cm³/mol. The summed E-state index contributed by atoms with van der Waals surface area (Å²) in [7, 11) is 1.61. The van der Waals surface area contributed by atoms with Gasteiger partial charge in [0.15, 0.2) is 0 Å². The number of benzene rings is 1. The van der Waals surface area contributed by atoms with Gasteiger partial charge in [-0.15, -0.1) is 0 Å². The molecule has 108 valence electrons. The molecule has 0 fully saturated rings. The van der Waals surface area contributed by atoms with E-state index in [0.717, 1.165) is 0 Å². The molecule has 0 aliphatic heterocycles. The summed E-state index contributed by atoms with van der Waals surface area (Å²) in [5, 5.41) is 11.4. The van der Waals surface area contributed by atoms with E-state index in [1.54, 1.807) is 31.4 Å². The van der Waals surface area contributed by atoms with Crippen molar-refractivity contribution in [3.63, 3.8) is 0 Å². The molecule has 0 saturated carbocycles. The normalized spacial score (nSPS) is 10.2. The first-order valence-electron chi connectivity index (χ1n) is 6.39. The Morgan fingerprint density at radius 1 is 1.50 bits per heavy atom. The van der Waals surface area contributed by atoms with Crippen LogP contribution in [0.1, 0.15) is 6.42 Å². The van der Waals surface area contributed by atoms with Crippen LogP contribution in [-0.4, -0.2) is 44.2 Å². The Morgan fingerprint density at radius 2 is 2.30 bits per heavy atom. The van der Waals surface area contributed by atoms with E-state index in [0.29, 0.717) is 37.5 Å². The quantitative estimate of drug-likeness (QED) is 0.693. The topological polar surface area (TPSA) is 91.4 Å². The number of rotatable bonds is 8. The monoisotopic (exact) mass is 276 g/mol. The Labute approximate surface area is 119 Å². The highest BCUT2D eigenvalue weighted by molar-refractivity contribution is 5.92. The van der Waals surface area contributed by atoms with Gasteiger partial charge >= 0.3 is 0 Å². The lowest BCUT2D eigenvalue weighted by Gasteiger charge is -2.20. The van der Waals surface area contributed by atoms with Gasteiger partial charge in [-0.25, -0.2) is 0 Å². The standard InChI is InChI=1S/C14H20N4O2/c1-20-9-8-18(7-3-6-15)11-14(19)17-13-5-2-4-12(16)10-13/h2,4-5,10H,3,7-9,11,16H2,1H3,(H,17,19). The Bertz CT molecular complexity index is 470. The summed E-state index contributed by atoms with van der Waals surface area (Å²) >= 11 is 0. The van der Waals surface area contributed by atoms with E-state index >= 15 is 0 Å². The van der Waals surface area contributed by atoms with Crippen LogP contribution >= 0.6 is 0 Å². The van der Waals surface area contributed by atoms with E-state index in [1.165, 1.54) is 0 Å². The lowest BCUT2D eigenvalue weighted by atomic mass is 10.3. The Balaban J connectivity index is 2.50. The second kappa shape index (κ2) is 8.91. The molecule has 3 N–H and O–H groups in total. The molecule has 0 spiro atoms. The number of nitriles is 1. The summed E-state index contributed by atoms with van der Waals surface area (Å²) in [5.74, 6) is -0.135. The number of carbonyl (C=O) groups is 1. The van der Waals surface area contributed by atoms with Crippen LogP contribution in [0.5, 0.6) is 0 Å². The van der Waals surface area contributed by atoms with Crippen molar-refractivity contribution in [3.05, 3.63) is 24.3 Å². The lowest BCUT2D eigenvalue weighted by molar-refractivity contribution is -0.117. The van der Waals surface area contributed by atoms with Crippen LogP contribution in [0.2, 0.25) is 0 Å². The number of nitrogens with one attached hydrogen (secondary N) is 1. The molecule has 0 aliphatic carbocycles. The number of methoxy groups -OCH3 is 1. The number of hydrogen-bond acceptors (Lipinski definition) is 5. The molecular formula is C14H20N4O2. The van der Waals surface area contributed by atoms with E-state index in [4.69, 9.17) is 15.7 Å². The molecule has 20 heavy (non-hydrogen) atoms. The van der Waals surface area contributed by atoms with Gasteiger partial charge in [-0.1, -0.05) is 6.07 Å². The summed E-state index contributed by atoms with van der Waals surface area (Å²) in [6, 6.07) is 9.09. The maximum absolute atomic E-state index is 11.9. The Hall–Kier alpha value is -2.10. The first-order valence-corrected chi connectivity index (χ1v) is 6.39. The number of ether oxygens (including phenoxy) is 1. The molecule has 0 unspecified atom stereocenters. The summed E-state index contributed by atoms with van der Waals surface area (Å²) in [4.78, 5) is 13.8. The zero-order valence-electron chi connectivity index (χ0n) is 11.6. The van der Waals surface area contributed by atoms with Crippen molar-refractivity contribution in [1.82, 2.24) is 4.90 Å². The highest BCUT2D eigenvalue weighted by atomic mass is 16.5. The van der Waals surface area contributed by atoms with Crippen LogP contribution in [0.3, 0.4) is 0 Å². The minimum atomic E-state index is -0.135. The lowest BCUT2D eigenvalue weighted by Crippen LogP contribution is -2.36. The smallest absolute Gasteiger partial charge is 0.238 e. The van der Waals surface area contributed by atoms with Crippen LogP contribution in [0.4, 0.5) is 11.4 Å². The molecule has 0 aliphatic rings. The van der Waals surface area contributed by atoms with Gasteiger partial charge in [-0.2, -0.15) is 5.26 Å². The highest BCUT2D eigenvalue weighted by Crippen LogP contribution is 2.11. The van der Waals surface area contributed by atoms with Gasteiger partial charge in [0.1, 0.15) is 0 Å². The van der Waals surface area contributed by atoms with Gasteiger partial charge in [-0.3, -0.25) is 9.69 Å². The number of anilines is 2. The Morgan fingerprint density at radius 3 is 2.95 bits per heavy atom. The van der Waals surface area contributed by atoms with Gasteiger partial charge in [-0.05, 0) is 18.2 Å². The van der Waals surface area contributed by atoms with Gasteiger partial charge in [0, 0.05) is 38.0 Å². The number of nitrogens with two attached hydrogens (primary N) is 1. The summed E-state index contributed by atoms with van der Waals surface area (Å²) in [5.41, 5.74) is 6.92. The fourth-order valence-corrected chi connectivity index (χ4v) is 1.72. The van der Waals surface area contributed by atoms with Gasteiger partial charge in [0.05, 0.1) is 19.2 Å².